The summed E-state index contributed by atoms with van der Waals surface area (Å²) in [5.74, 6) is -1.08. The SMILES string of the molecule is O=[N+]([O-])c1cc(F)cc([N+](=O)[O-])c1CCOCC(O)CO. The normalized spacial score (nSPS) is 12.1. The predicted molar refractivity (Wildman–Crippen MR) is 67.3 cm³/mol. The maximum atomic E-state index is 13.2. The molecule has 1 unspecified atom stereocenters. The second kappa shape index (κ2) is 7.57. The molecule has 0 aromatic heterocycles. The summed E-state index contributed by atoms with van der Waals surface area (Å²) in [6.45, 7) is -0.902. The zero-order chi connectivity index (χ0) is 16.0. The Hall–Kier alpha value is -2.17. The van der Waals surface area contributed by atoms with E-state index in [4.69, 9.17) is 14.9 Å². The van der Waals surface area contributed by atoms with Gasteiger partial charge >= 0.3 is 0 Å². The Bertz CT molecular complexity index is 502. The summed E-state index contributed by atoms with van der Waals surface area (Å²) in [5.41, 5.74) is -1.66. The minimum absolute atomic E-state index is 0.162. The van der Waals surface area contributed by atoms with E-state index in [1.54, 1.807) is 0 Å². The van der Waals surface area contributed by atoms with Crippen LogP contribution >= 0.6 is 0 Å². The number of nitro benzene ring substituents is 2. The summed E-state index contributed by atoms with van der Waals surface area (Å²) in [5, 5.41) is 39.3. The highest BCUT2D eigenvalue weighted by molar-refractivity contribution is 5.54. The lowest BCUT2D eigenvalue weighted by Gasteiger charge is -2.08. The number of hydrogen-bond acceptors (Lipinski definition) is 7. The van der Waals surface area contributed by atoms with Gasteiger partial charge in [0.05, 0.1) is 41.8 Å². The van der Waals surface area contributed by atoms with Crippen LogP contribution in [0.4, 0.5) is 15.8 Å². The van der Waals surface area contributed by atoms with E-state index in [1.807, 2.05) is 0 Å². The highest BCUT2D eigenvalue weighted by Crippen LogP contribution is 2.30. The molecule has 21 heavy (non-hydrogen) atoms. The number of rotatable bonds is 8. The summed E-state index contributed by atoms with van der Waals surface area (Å²) >= 11 is 0. The van der Waals surface area contributed by atoms with Crippen molar-refractivity contribution in [2.24, 2.45) is 0 Å². The molecule has 0 aliphatic carbocycles. The van der Waals surface area contributed by atoms with E-state index >= 15 is 0 Å². The van der Waals surface area contributed by atoms with Crippen LogP contribution in [-0.4, -0.2) is 46.0 Å². The quantitative estimate of drug-likeness (QED) is 0.406. The van der Waals surface area contributed by atoms with Gasteiger partial charge in [-0.25, -0.2) is 4.39 Å². The van der Waals surface area contributed by atoms with Gasteiger partial charge in [-0.05, 0) is 0 Å². The van der Waals surface area contributed by atoms with Crippen LogP contribution < -0.4 is 0 Å². The zero-order valence-corrected chi connectivity index (χ0v) is 10.8. The van der Waals surface area contributed by atoms with Gasteiger partial charge in [0, 0.05) is 6.42 Å². The Morgan fingerprint density at radius 1 is 1.24 bits per heavy atom. The van der Waals surface area contributed by atoms with Crippen molar-refractivity contribution in [3.63, 3.8) is 0 Å². The van der Waals surface area contributed by atoms with E-state index in [0.29, 0.717) is 12.1 Å². The van der Waals surface area contributed by atoms with Gasteiger partial charge in [0.1, 0.15) is 17.5 Å². The van der Waals surface area contributed by atoms with E-state index in [0.717, 1.165) is 0 Å². The highest BCUT2D eigenvalue weighted by Gasteiger charge is 2.26. The Kier molecular flexibility index (Phi) is 6.09. The van der Waals surface area contributed by atoms with Crippen molar-refractivity contribution in [1.29, 1.82) is 0 Å². The number of benzene rings is 1. The van der Waals surface area contributed by atoms with E-state index in [-0.39, 0.29) is 25.2 Å². The van der Waals surface area contributed by atoms with Gasteiger partial charge in [-0.15, -0.1) is 0 Å². The molecular weight excluding hydrogens is 291 g/mol. The molecule has 0 radical (unpaired) electrons. The predicted octanol–water partition coefficient (Wildman–Crippen LogP) is 0.554. The summed E-state index contributed by atoms with van der Waals surface area (Å²) in [7, 11) is 0. The molecule has 10 heteroatoms. The third-order valence-corrected chi connectivity index (χ3v) is 2.58. The van der Waals surface area contributed by atoms with Gasteiger partial charge in [-0.2, -0.15) is 0 Å². The van der Waals surface area contributed by atoms with Gasteiger partial charge < -0.3 is 14.9 Å². The number of ether oxygens (including phenoxy) is 1. The lowest BCUT2D eigenvalue weighted by molar-refractivity contribution is -0.395. The number of aliphatic hydroxyl groups excluding tert-OH is 2. The Morgan fingerprint density at radius 2 is 1.76 bits per heavy atom. The maximum absolute atomic E-state index is 13.2. The molecule has 1 aromatic rings. The van der Waals surface area contributed by atoms with Crippen molar-refractivity contribution in [2.75, 3.05) is 19.8 Å². The second-order valence-electron chi connectivity index (χ2n) is 4.10. The van der Waals surface area contributed by atoms with Crippen LogP contribution in [0.2, 0.25) is 0 Å². The molecule has 1 atom stereocenters. The van der Waals surface area contributed by atoms with E-state index in [1.165, 1.54) is 0 Å². The van der Waals surface area contributed by atoms with Gasteiger partial charge in [-0.1, -0.05) is 0 Å². The van der Waals surface area contributed by atoms with Crippen LogP contribution in [0.15, 0.2) is 12.1 Å². The van der Waals surface area contributed by atoms with Gasteiger partial charge in [0.15, 0.2) is 0 Å². The van der Waals surface area contributed by atoms with Crippen LogP contribution in [-0.2, 0) is 11.2 Å². The molecule has 9 nitrogen and oxygen atoms in total. The second-order valence-corrected chi connectivity index (χ2v) is 4.10. The van der Waals surface area contributed by atoms with Gasteiger partial charge in [-0.3, -0.25) is 20.2 Å². The van der Waals surface area contributed by atoms with Gasteiger partial charge in [0.25, 0.3) is 11.4 Å². The standard InChI is InChI=1S/C11H13FN2O7/c12-7-3-10(13(17)18)9(11(4-7)14(19)20)1-2-21-6-8(16)5-15/h3-4,8,15-16H,1-2,5-6H2. The Labute approximate surface area is 117 Å². The van der Waals surface area contributed by atoms with Crippen molar-refractivity contribution < 1.29 is 29.2 Å². The maximum Gasteiger partial charge on any atom is 0.282 e. The lowest BCUT2D eigenvalue weighted by Crippen LogP contribution is -2.20. The molecule has 0 heterocycles. The third kappa shape index (κ3) is 4.70. The Morgan fingerprint density at radius 3 is 2.19 bits per heavy atom. The summed E-state index contributed by atoms with van der Waals surface area (Å²) in [6, 6.07) is 1.20. The number of nitrogens with zero attached hydrogens (tertiary/aromatic N) is 2. The average molecular weight is 304 g/mol. The van der Waals surface area contributed by atoms with Crippen LogP contribution in [0, 0.1) is 26.0 Å². The fraction of sp³-hybridized carbons (Fsp3) is 0.455. The Balaban J connectivity index is 2.92. The van der Waals surface area contributed by atoms with Crippen molar-refractivity contribution in [3.05, 3.63) is 43.7 Å². The molecule has 1 rings (SSSR count). The average Bonchev–Trinajstić information content (AvgIpc) is 2.43. The molecule has 2 N–H and O–H groups in total. The van der Waals surface area contributed by atoms with Crippen molar-refractivity contribution in [2.45, 2.75) is 12.5 Å². The summed E-state index contributed by atoms with van der Waals surface area (Å²) in [4.78, 5) is 19.9. The third-order valence-electron chi connectivity index (χ3n) is 2.58. The molecule has 0 fully saturated rings. The molecule has 0 bridgehead atoms. The molecule has 1 aromatic carbocycles. The topological polar surface area (TPSA) is 136 Å². The number of aliphatic hydroxyl groups is 2. The zero-order valence-electron chi connectivity index (χ0n) is 10.8. The van der Waals surface area contributed by atoms with Crippen molar-refractivity contribution in [1.82, 2.24) is 0 Å². The summed E-state index contributed by atoms with van der Waals surface area (Å²) < 4.78 is 18.1. The molecule has 0 saturated heterocycles. The van der Waals surface area contributed by atoms with Crippen LogP contribution in [0.25, 0.3) is 0 Å². The number of hydrogen-bond donors (Lipinski definition) is 2. The number of nitro groups is 2. The fourth-order valence-electron chi connectivity index (χ4n) is 1.64. The van der Waals surface area contributed by atoms with E-state index in [2.05, 4.69) is 0 Å². The largest absolute Gasteiger partial charge is 0.394 e. The van der Waals surface area contributed by atoms with E-state index in [9.17, 15) is 24.6 Å². The fourth-order valence-corrected chi connectivity index (χ4v) is 1.64. The minimum Gasteiger partial charge on any atom is -0.394 e. The molecular formula is C11H13FN2O7. The molecule has 116 valence electrons. The number of halogens is 1. The smallest absolute Gasteiger partial charge is 0.282 e. The monoisotopic (exact) mass is 304 g/mol. The van der Waals surface area contributed by atoms with Crippen LogP contribution in [0.5, 0.6) is 0 Å². The first-order chi connectivity index (χ1) is 9.86. The molecule has 0 aliphatic heterocycles. The van der Waals surface area contributed by atoms with Gasteiger partial charge in [0.2, 0.25) is 0 Å². The van der Waals surface area contributed by atoms with Crippen LogP contribution in [0.1, 0.15) is 5.56 Å². The van der Waals surface area contributed by atoms with Crippen molar-refractivity contribution in [3.8, 4) is 0 Å². The van der Waals surface area contributed by atoms with E-state index < -0.39 is 39.7 Å². The lowest BCUT2D eigenvalue weighted by atomic mass is 10.1. The first kappa shape index (κ1) is 16.9. The molecule has 0 spiro atoms. The molecule has 0 saturated carbocycles. The summed E-state index contributed by atoms with van der Waals surface area (Å²) in [6.07, 6.45) is -1.31. The first-order valence-corrected chi connectivity index (χ1v) is 5.84. The molecule has 0 amide bonds. The minimum atomic E-state index is -1.11. The highest BCUT2D eigenvalue weighted by atomic mass is 19.1. The molecule has 0 aliphatic rings. The van der Waals surface area contributed by atoms with Crippen LogP contribution in [0.3, 0.4) is 0 Å². The van der Waals surface area contributed by atoms with Crippen molar-refractivity contribution >= 4 is 11.4 Å². The first-order valence-electron chi connectivity index (χ1n) is 5.84.